The standard InChI is InChI=1S/C25H21NO4/c1-18(27)29-24-14-8-20(9-15-24)6-12-22-4-3-5-23(26-22)13-7-21-10-16-25(17-11-21)30-19(2)28/h3-17H,1-2H3/b12-6-,13-7+. The first-order chi connectivity index (χ1) is 14.5. The predicted octanol–water partition coefficient (Wildman–Crippen LogP) is 5.27. The Morgan fingerprint density at radius 1 is 0.633 bits per heavy atom. The fraction of sp³-hybridized carbons (Fsp3) is 0.0800. The summed E-state index contributed by atoms with van der Waals surface area (Å²) < 4.78 is 10.1. The second-order valence-electron chi connectivity index (χ2n) is 6.48. The van der Waals surface area contributed by atoms with Crippen molar-refractivity contribution in [1.82, 2.24) is 4.98 Å². The summed E-state index contributed by atoms with van der Waals surface area (Å²) in [6.45, 7) is 2.75. The molecule has 3 aromatic rings. The molecule has 2 aromatic carbocycles. The fourth-order valence-electron chi connectivity index (χ4n) is 2.64. The zero-order valence-corrected chi connectivity index (χ0v) is 16.7. The number of nitrogens with zero attached hydrogens (tertiary/aromatic N) is 1. The molecule has 0 saturated heterocycles. The second kappa shape index (κ2) is 9.98. The summed E-state index contributed by atoms with van der Waals surface area (Å²) in [6.07, 6.45) is 7.74. The van der Waals surface area contributed by atoms with Crippen molar-refractivity contribution in [3.63, 3.8) is 0 Å². The highest BCUT2D eigenvalue weighted by molar-refractivity contribution is 5.73. The molecule has 0 atom stereocenters. The van der Waals surface area contributed by atoms with Crippen LogP contribution in [0.25, 0.3) is 24.3 Å². The molecule has 0 aliphatic rings. The van der Waals surface area contributed by atoms with Gasteiger partial charge in [0.1, 0.15) is 11.5 Å². The Kier molecular flexibility index (Phi) is 6.90. The molecule has 0 spiro atoms. The van der Waals surface area contributed by atoms with Gasteiger partial charge in [-0.15, -0.1) is 0 Å². The lowest BCUT2D eigenvalue weighted by molar-refractivity contribution is -0.132. The highest BCUT2D eigenvalue weighted by atomic mass is 16.5. The number of benzene rings is 2. The van der Waals surface area contributed by atoms with Crippen LogP contribution in [0.2, 0.25) is 0 Å². The topological polar surface area (TPSA) is 65.5 Å². The van der Waals surface area contributed by atoms with Crippen LogP contribution in [0.3, 0.4) is 0 Å². The summed E-state index contributed by atoms with van der Waals surface area (Å²) in [5, 5.41) is 0. The molecule has 0 saturated carbocycles. The zero-order chi connectivity index (χ0) is 21.3. The molecule has 0 aliphatic heterocycles. The van der Waals surface area contributed by atoms with Crippen molar-refractivity contribution in [1.29, 1.82) is 0 Å². The minimum absolute atomic E-state index is 0.340. The molecule has 0 N–H and O–H groups in total. The SMILES string of the molecule is CC(=O)Oc1ccc(/C=C\c2cccc(/C=C/c3ccc(OC(C)=O)cc3)n2)cc1. The van der Waals surface area contributed by atoms with E-state index in [1.165, 1.54) is 13.8 Å². The van der Waals surface area contributed by atoms with Gasteiger partial charge in [0.2, 0.25) is 0 Å². The molecule has 1 aromatic heterocycles. The third-order valence-corrected chi connectivity index (χ3v) is 3.97. The molecule has 5 nitrogen and oxygen atoms in total. The number of esters is 2. The highest BCUT2D eigenvalue weighted by Crippen LogP contribution is 2.16. The van der Waals surface area contributed by atoms with E-state index in [9.17, 15) is 9.59 Å². The van der Waals surface area contributed by atoms with Crippen molar-refractivity contribution in [2.45, 2.75) is 13.8 Å². The van der Waals surface area contributed by atoms with Gasteiger partial charge in [-0.2, -0.15) is 0 Å². The van der Waals surface area contributed by atoms with Gasteiger partial charge in [-0.25, -0.2) is 4.98 Å². The van der Waals surface area contributed by atoms with Crippen molar-refractivity contribution in [2.75, 3.05) is 0 Å². The fourth-order valence-corrected chi connectivity index (χ4v) is 2.64. The van der Waals surface area contributed by atoms with Gasteiger partial charge in [0.15, 0.2) is 0 Å². The zero-order valence-electron chi connectivity index (χ0n) is 16.7. The minimum atomic E-state index is -0.340. The quantitative estimate of drug-likeness (QED) is 0.417. The summed E-state index contributed by atoms with van der Waals surface area (Å²) in [7, 11) is 0. The summed E-state index contributed by atoms with van der Waals surface area (Å²) in [5.74, 6) is 0.358. The molecule has 0 radical (unpaired) electrons. The largest absolute Gasteiger partial charge is 0.427 e. The van der Waals surface area contributed by atoms with E-state index in [2.05, 4.69) is 4.98 Å². The van der Waals surface area contributed by atoms with Crippen LogP contribution < -0.4 is 9.47 Å². The Hall–Kier alpha value is -3.99. The van der Waals surface area contributed by atoms with Crippen molar-refractivity contribution >= 4 is 36.2 Å². The molecule has 0 fully saturated rings. The third-order valence-electron chi connectivity index (χ3n) is 3.97. The molecule has 0 amide bonds. The van der Waals surface area contributed by atoms with E-state index in [0.29, 0.717) is 11.5 Å². The normalized spacial score (nSPS) is 11.0. The van der Waals surface area contributed by atoms with Crippen LogP contribution in [-0.4, -0.2) is 16.9 Å². The van der Waals surface area contributed by atoms with E-state index in [-0.39, 0.29) is 11.9 Å². The van der Waals surface area contributed by atoms with Crippen LogP contribution in [0.5, 0.6) is 11.5 Å². The summed E-state index contributed by atoms with van der Waals surface area (Å²) >= 11 is 0. The van der Waals surface area contributed by atoms with Crippen LogP contribution in [0.15, 0.2) is 66.7 Å². The van der Waals surface area contributed by atoms with Gasteiger partial charge in [0.05, 0.1) is 11.4 Å². The molecule has 5 heteroatoms. The van der Waals surface area contributed by atoms with E-state index < -0.39 is 0 Å². The Morgan fingerprint density at radius 3 is 1.40 bits per heavy atom. The highest BCUT2D eigenvalue weighted by Gasteiger charge is 1.99. The van der Waals surface area contributed by atoms with E-state index in [1.807, 2.05) is 66.8 Å². The number of ether oxygens (including phenoxy) is 2. The number of pyridine rings is 1. The van der Waals surface area contributed by atoms with Crippen LogP contribution in [0.4, 0.5) is 0 Å². The molecular weight excluding hydrogens is 378 g/mol. The Balaban J connectivity index is 1.65. The Labute approximate surface area is 175 Å². The smallest absolute Gasteiger partial charge is 0.308 e. The third kappa shape index (κ3) is 6.56. The first-order valence-electron chi connectivity index (χ1n) is 9.38. The maximum atomic E-state index is 11.0. The van der Waals surface area contributed by atoms with Gasteiger partial charge in [-0.1, -0.05) is 42.5 Å². The van der Waals surface area contributed by atoms with Crippen molar-refractivity contribution in [3.05, 3.63) is 89.2 Å². The number of hydrogen-bond acceptors (Lipinski definition) is 5. The molecule has 0 aliphatic carbocycles. The molecular formula is C25H21NO4. The average Bonchev–Trinajstić information content (AvgIpc) is 2.72. The number of aromatic nitrogens is 1. The van der Waals surface area contributed by atoms with E-state index in [4.69, 9.17) is 9.47 Å². The number of carbonyl (C=O) groups is 2. The second-order valence-corrected chi connectivity index (χ2v) is 6.48. The first-order valence-corrected chi connectivity index (χ1v) is 9.38. The number of hydrogen-bond donors (Lipinski definition) is 0. The van der Waals surface area contributed by atoms with Gasteiger partial charge < -0.3 is 9.47 Å². The Bertz CT molecular complexity index is 996. The average molecular weight is 399 g/mol. The van der Waals surface area contributed by atoms with Gasteiger partial charge in [-0.3, -0.25) is 9.59 Å². The first kappa shape index (κ1) is 20.7. The van der Waals surface area contributed by atoms with Gasteiger partial charge >= 0.3 is 11.9 Å². The number of rotatable bonds is 6. The van der Waals surface area contributed by atoms with Gasteiger partial charge in [0, 0.05) is 13.8 Å². The molecule has 3 rings (SSSR count). The molecule has 30 heavy (non-hydrogen) atoms. The molecule has 0 bridgehead atoms. The van der Waals surface area contributed by atoms with Crippen LogP contribution >= 0.6 is 0 Å². The van der Waals surface area contributed by atoms with Crippen molar-refractivity contribution < 1.29 is 19.1 Å². The summed E-state index contributed by atoms with van der Waals surface area (Å²) in [4.78, 5) is 26.5. The number of carbonyl (C=O) groups excluding carboxylic acids is 2. The van der Waals surface area contributed by atoms with Crippen LogP contribution in [0, 0.1) is 0 Å². The predicted molar refractivity (Wildman–Crippen MR) is 118 cm³/mol. The Morgan fingerprint density at radius 2 is 1.03 bits per heavy atom. The van der Waals surface area contributed by atoms with Gasteiger partial charge in [0.25, 0.3) is 0 Å². The lowest BCUT2D eigenvalue weighted by Gasteiger charge is -2.01. The lowest BCUT2D eigenvalue weighted by atomic mass is 10.1. The molecule has 1 heterocycles. The minimum Gasteiger partial charge on any atom is -0.427 e. The van der Waals surface area contributed by atoms with Crippen LogP contribution in [-0.2, 0) is 9.59 Å². The van der Waals surface area contributed by atoms with Crippen LogP contribution in [0.1, 0.15) is 36.4 Å². The van der Waals surface area contributed by atoms with Gasteiger partial charge in [-0.05, 0) is 59.7 Å². The molecule has 150 valence electrons. The molecule has 0 unspecified atom stereocenters. The maximum absolute atomic E-state index is 11.0. The van der Waals surface area contributed by atoms with Crippen molar-refractivity contribution in [3.8, 4) is 11.5 Å². The summed E-state index contributed by atoms with van der Waals surface area (Å²) in [5.41, 5.74) is 3.60. The van der Waals surface area contributed by atoms with Crippen molar-refractivity contribution in [2.24, 2.45) is 0 Å². The monoisotopic (exact) mass is 399 g/mol. The van der Waals surface area contributed by atoms with E-state index >= 15 is 0 Å². The maximum Gasteiger partial charge on any atom is 0.308 e. The lowest BCUT2D eigenvalue weighted by Crippen LogP contribution is -2.00. The summed E-state index contributed by atoms with van der Waals surface area (Å²) in [6, 6.07) is 20.3. The van der Waals surface area contributed by atoms with E-state index in [0.717, 1.165) is 22.5 Å². The van der Waals surface area contributed by atoms with E-state index in [1.54, 1.807) is 24.3 Å².